The molecule has 3 N–H and O–H groups in total. The summed E-state index contributed by atoms with van der Waals surface area (Å²) in [5.41, 5.74) is 0.797. The maximum absolute atomic E-state index is 13.0. The van der Waals surface area contributed by atoms with Crippen LogP contribution in [0.2, 0.25) is 0 Å². The molecule has 34 heavy (non-hydrogen) atoms. The van der Waals surface area contributed by atoms with Gasteiger partial charge in [-0.2, -0.15) is 0 Å². The second kappa shape index (κ2) is 8.90. The maximum Gasteiger partial charge on any atom is 0.299 e. The van der Waals surface area contributed by atoms with Crippen LogP contribution < -0.4 is 21.5 Å². The standard InChI is InChI=1S/C22H22N8O4/c1-23-13-11-15(28-20-22(32)30(10-9-25-20)16-5-3-4-8-24-16)27-18-17(13)29-34-19(18)21(31)26-12-6-7-14(12)33-2/h3-5,8-12,14,23H,6-7H2,1-2H3,(H,26,31)(H,25,27,28)/t12-,14-/m1/s1. The van der Waals surface area contributed by atoms with Crippen molar-refractivity contribution in [3.05, 3.63) is 59.0 Å². The van der Waals surface area contributed by atoms with Gasteiger partial charge >= 0.3 is 0 Å². The molecule has 0 bridgehead atoms. The van der Waals surface area contributed by atoms with Crippen LogP contribution in [0.1, 0.15) is 23.4 Å². The predicted molar refractivity (Wildman–Crippen MR) is 124 cm³/mol. The van der Waals surface area contributed by atoms with E-state index in [0.29, 0.717) is 17.0 Å². The number of methoxy groups -OCH3 is 1. The van der Waals surface area contributed by atoms with Crippen molar-refractivity contribution in [2.75, 3.05) is 24.8 Å². The van der Waals surface area contributed by atoms with Gasteiger partial charge in [0.1, 0.15) is 17.2 Å². The van der Waals surface area contributed by atoms with Gasteiger partial charge < -0.3 is 25.2 Å². The fourth-order valence-corrected chi connectivity index (χ4v) is 3.77. The third kappa shape index (κ3) is 3.83. The molecule has 4 heterocycles. The third-order valence-corrected chi connectivity index (χ3v) is 5.73. The molecule has 1 amide bonds. The minimum absolute atomic E-state index is 0.0242. The van der Waals surface area contributed by atoms with Gasteiger partial charge in [-0.3, -0.25) is 14.2 Å². The van der Waals surface area contributed by atoms with E-state index in [4.69, 9.17) is 9.26 Å². The number of hydrogen-bond acceptors (Lipinski definition) is 10. The van der Waals surface area contributed by atoms with Crippen LogP contribution in [0.3, 0.4) is 0 Å². The van der Waals surface area contributed by atoms with E-state index in [2.05, 4.69) is 36.1 Å². The third-order valence-electron chi connectivity index (χ3n) is 5.73. The van der Waals surface area contributed by atoms with Crippen molar-refractivity contribution < 1.29 is 14.1 Å². The van der Waals surface area contributed by atoms with Crippen molar-refractivity contribution in [1.29, 1.82) is 0 Å². The minimum Gasteiger partial charge on any atom is -0.386 e. The van der Waals surface area contributed by atoms with E-state index in [1.807, 2.05) is 0 Å². The van der Waals surface area contributed by atoms with Crippen LogP contribution in [-0.2, 0) is 4.74 Å². The summed E-state index contributed by atoms with van der Waals surface area (Å²) in [6.07, 6.45) is 6.29. The highest BCUT2D eigenvalue weighted by Crippen LogP contribution is 2.29. The van der Waals surface area contributed by atoms with Crippen LogP contribution in [0, 0.1) is 0 Å². The highest BCUT2D eigenvalue weighted by molar-refractivity contribution is 6.05. The number of fused-ring (bicyclic) bond motifs is 1. The van der Waals surface area contributed by atoms with E-state index < -0.39 is 11.5 Å². The van der Waals surface area contributed by atoms with Gasteiger partial charge in [0.25, 0.3) is 11.5 Å². The van der Waals surface area contributed by atoms with Gasteiger partial charge in [0.15, 0.2) is 11.3 Å². The van der Waals surface area contributed by atoms with E-state index in [-0.39, 0.29) is 35.1 Å². The summed E-state index contributed by atoms with van der Waals surface area (Å²) in [5, 5.41) is 12.9. The Bertz CT molecular complexity index is 1400. The first-order valence-corrected chi connectivity index (χ1v) is 10.7. The van der Waals surface area contributed by atoms with Crippen molar-refractivity contribution in [1.82, 2.24) is 30.0 Å². The Balaban J connectivity index is 1.48. The molecule has 4 aromatic heterocycles. The highest BCUT2D eigenvalue weighted by atomic mass is 16.5. The van der Waals surface area contributed by atoms with E-state index in [9.17, 15) is 9.59 Å². The second-order valence-electron chi connectivity index (χ2n) is 7.71. The second-order valence-corrected chi connectivity index (χ2v) is 7.71. The Morgan fingerprint density at radius 3 is 2.79 bits per heavy atom. The lowest BCUT2D eigenvalue weighted by Gasteiger charge is -2.35. The number of carbonyl (C=O) groups excluding carboxylic acids is 1. The minimum atomic E-state index is -0.434. The van der Waals surface area contributed by atoms with Gasteiger partial charge in [0.05, 0.1) is 17.8 Å². The fourth-order valence-electron chi connectivity index (χ4n) is 3.77. The van der Waals surface area contributed by atoms with Crippen molar-refractivity contribution in [3.63, 3.8) is 0 Å². The first-order chi connectivity index (χ1) is 16.6. The summed E-state index contributed by atoms with van der Waals surface area (Å²) in [7, 11) is 3.32. The van der Waals surface area contributed by atoms with Crippen molar-refractivity contribution >= 4 is 34.3 Å². The summed E-state index contributed by atoms with van der Waals surface area (Å²) >= 11 is 0. The van der Waals surface area contributed by atoms with Crippen LogP contribution in [0.15, 0.2) is 52.2 Å². The Hall–Kier alpha value is -4.32. The molecule has 0 aliphatic heterocycles. The molecular formula is C22H22N8O4. The van der Waals surface area contributed by atoms with Crippen LogP contribution >= 0.6 is 0 Å². The van der Waals surface area contributed by atoms with Gasteiger partial charge in [-0.15, -0.1) is 0 Å². The Morgan fingerprint density at radius 2 is 2.09 bits per heavy atom. The molecule has 174 valence electrons. The zero-order valence-electron chi connectivity index (χ0n) is 18.5. The molecule has 0 spiro atoms. The number of rotatable bonds is 7. The van der Waals surface area contributed by atoms with Crippen molar-refractivity contribution in [2.24, 2.45) is 0 Å². The van der Waals surface area contributed by atoms with Crippen LogP contribution in [0.5, 0.6) is 0 Å². The normalized spacial score (nSPS) is 17.2. The molecule has 1 fully saturated rings. The number of pyridine rings is 2. The van der Waals surface area contributed by atoms with Gasteiger partial charge in [0.2, 0.25) is 5.76 Å². The number of anilines is 3. The lowest BCUT2D eigenvalue weighted by Crippen LogP contribution is -2.51. The lowest BCUT2D eigenvalue weighted by molar-refractivity contribution is 0.00678. The maximum atomic E-state index is 13.0. The quantitative estimate of drug-likeness (QED) is 0.371. The number of nitrogens with one attached hydrogen (secondary N) is 3. The molecule has 1 aliphatic carbocycles. The van der Waals surface area contributed by atoms with Gasteiger partial charge in [0, 0.05) is 38.8 Å². The average molecular weight is 462 g/mol. The Morgan fingerprint density at radius 1 is 1.21 bits per heavy atom. The van der Waals surface area contributed by atoms with E-state index in [1.54, 1.807) is 44.6 Å². The Kier molecular flexibility index (Phi) is 5.64. The predicted octanol–water partition coefficient (Wildman–Crippen LogP) is 1.86. The molecule has 1 saturated carbocycles. The zero-order chi connectivity index (χ0) is 23.7. The molecule has 5 rings (SSSR count). The highest BCUT2D eigenvalue weighted by Gasteiger charge is 2.34. The topological polar surface area (TPSA) is 149 Å². The number of aromatic nitrogens is 5. The molecule has 0 unspecified atom stereocenters. The molecular weight excluding hydrogens is 440 g/mol. The van der Waals surface area contributed by atoms with Crippen molar-refractivity contribution in [3.8, 4) is 5.82 Å². The SMILES string of the molecule is CNc1cc(Nc2nccn(-c3ccccn3)c2=O)nc2c(C(=O)N[C@@H]3CC[C@H]3OC)onc12. The summed E-state index contributed by atoms with van der Waals surface area (Å²) in [4.78, 5) is 38.7. The summed E-state index contributed by atoms with van der Waals surface area (Å²) in [6.45, 7) is 0. The van der Waals surface area contributed by atoms with E-state index in [0.717, 1.165) is 12.8 Å². The number of hydrogen-bond donors (Lipinski definition) is 3. The molecule has 0 aromatic carbocycles. The van der Waals surface area contributed by atoms with Gasteiger partial charge in [-0.25, -0.2) is 15.0 Å². The molecule has 1 aliphatic rings. The number of amides is 1. The molecule has 0 radical (unpaired) electrons. The van der Waals surface area contributed by atoms with Crippen LogP contribution in [-0.4, -0.2) is 56.9 Å². The zero-order valence-corrected chi connectivity index (χ0v) is 18.5. The van der Waals surface area contributed by atoms with Crippen molar-refractivity contribution in [2.45, 2.75) is 25.0 Å². The first-order valence-electron chi connectivity index (χ1n) is 10.7. The largest absolute Gasteiger partial charge is 0.386 e. The smallest absolute Gasteiger partial charge is 0.299 e. The molecule has 0 saturated heterocycles. The van der Waals surface area contributed by atoms with E-state index in [1.165, 1.54) is 17.0 Å². The van der Waals surface area contributed by atoms with Crippen LogP contribution in [0.25, 0.3) is 16.9 Å². The number of nitrogens with zero attached hydrogens (tertiary/aromatic N) is 5. The van der Waals surface area contributed by atoms with Gasteiger partial charge in [-0.05, 0) is 25.0 Å². The number of ether oxygens (including phenoxy) is 1. The average Bonchev–Trinajstić information content (AvgIpc) is 3.27. The fraction of sp³-hybridized carbons (Fsp3) is 0.273. The Labute approximate surface area is 193 Å². The van der Waals surface area contributed by atoms with Gasteiger partial charge in [-0.1, -0.05) is 11.2 Å². The number of carbonyl (C=O) groups is 1. The van der Waals surface area contributed by atoms with Crippen LogP contribution in [0.4, 0.5) is 17.3 Å². The summed E-state index contributed by atoms with van der Waals surface area (Å²) in [5.74, 6) is 0.332. The first kappa shape index (κ1) is 21.5. The lowest BCUT2D eigenvalue weighted by atomic mass is 9.89. The van der Waals surface area contributed by atoms with E-state index >= 15 is 0 Å². The molecule has 4 aromatic rings. The molecule has 2 atom stereocenters. The monoisotopic (exact) mass is 462 g/mol. The summed E-state index contributed by atoms with van der Waals surface area (Å²) < 4.78 is 12.1. The molecule has 12 heteroatoms. The summed E-state index contributed by atoms with van der Waals surface area (Å²) in [6, 6.07) is 6.82. The molecule has 12 nitrogen and oxygen atoms in total.